The lowest BCUT2D eigenvalue weighted by Gasteiger charge is -2.27. The van der Waals surface area contributed by atoms with E-state index in [4.69, 9.17) is 0 Å². The standard InChI is InChI=1S/C27H36N4O6S/c1-19(2)12-13-21(17-38-18-24(32)37-4)25(33)31(36)27(35)29-23(15-20-9-6-5-7-10-20)26(34)30(3)22-11-8-14-28-16-22/h5-11,14,16,19,21,23,36H,12-13,15,17-18H2,1-4H3,(H,29,35)/t21-,23+/m1/s1. The second-order valence-corrected chi connectivity index (χ2v) is 10.2. The van der Waals surface area contributed by atoms with Crippen LogP contribution >= 0.6 is 11.8 Å². The summed E-state index contributed by atoms with van der Waals surface area (Å²) >= 11 is 1.19. The molecule has 2 aromatic rings. The van der Waals surface area contributed by atoms with Crippen LogP contribution in [0, 0.1) is 11.8 Å². The van der Waals surface area contributed by atoms with Gasteiger partial charge in [-0.2, -0.15) is 0 Å². The number of hydrogen-bond donors (Lipinski definition) is 2. The van der Waals surface area contributed by atoms with E-state index in [1.165, 1.54) is 30.0 Å². The number of hydrogen-bond acceptors (Lipinski definition) is 8. The lowest BCUT2D eigenvalue weighted by Crippen LogP contribution is -2.54. The molecule has 10 nitrogen and oxygen atoms in total. The number of aromatic nitrogens is 1. The van der Waals surface area contributed by atoms with E-state index in [2.05, 4.69) is 15.0 Å². The Bertz CT molecular complexity index is 1050. The van der Waals surface area contributed by atoms with Gasteiger partial charge in [-0.1, -0.05) is 50.6 Å². The zero-order chi connectivity index (χ0) is 28.1. The molecule has 2 rings (SSSR count). The third-order valence-electron chi connectivity index (χ3n) is 5.85. The second kappa shape index (κ2) is 15.7. The molecular weight excluding hydrogens is 508 g/mol. The average molecular weight is 545 g/mol. The SMILES string of the molecule is COC(=O)CSC[C@@H](CCC(C)C)C(=O)N(O)C(=O)N[C@@H](Cc1ccccc1)C(=O)N(C)c1cccnc1. The zero-order valence-corrected chi connectivity index (χ0v) is 23.0. The van der Waals surface area contributed by atoms with Crippen molar-refractivity contribution in [2.75, 3.05) is 30.6 Å². The van der Waals surface area contributed by atoms with Crippen molar-refractivity contribution in [1.29, 1.82) is 0 Å². The van der Waals surface area contributed by atoms with E-state index < -0.39 is 35.8 Å². The molecule has 206 valence electrons. The number of carbonyl (C=O) groups is 4. The number of methoxy groups -OCH3 is 1. The van der Waals surface area contributed by atoms with Gasteiger partial charge in [-0.05, 0) is 30.0 Å². The summed E-state index contributed by atoms with van der Waals surface area (Å²) in [4.78, 5) is 56.3. The highest BCUT2D eigenvalue weighted by atomic mass is 32.2. The number of imide groups is 1. The maximum absolute atomic E-state index is 13.4. The van der Waals surface area contributed by atoms with E-state index in [1.54, 1.807) is 25.4 Å². The van der Waals surface area contributed by atoms with Crippen LogP contribution < -0.4 is 10.2 Å². The topological polar surface area (TPSA) is 129 Å². The first kappa shape index (κ1) is 30.8. The molecule has 0 fully saturated rings. The maximum atomic E-state index is 13.4. The van der Waals surface area contributed by atoms with Crippen molar-refractivity contribution in [2.45, 2.75) is 39.2 Å². The molecule has 11 heteroatoms. The molecule has 0 bridgehead atoms. The number of nitrogens with one attached hydrogen (secondary N) is 1. The molecular formula is C27H36N4O6S. The Labute approximate surface area is 227 Å². The van der Waals surface area contributed by atoms with Gasteiger partial charge in [0.25, 0.3) is 5.91 Å². The quantitative estimate of drug-likeness (QED) is 0.223. The summed E-state index contributed by atoms with van der Waals surface area (Å²) in [5.74, 6) is -1.80. The van der Waals surface area contributed by atoms with Crippen molar-refractivity contribution < 1.29 is 29.1 Å². The van der Waals surface area contributed by atoms with Crippen LogP contribution in [-0.4, -0.2) is 70.8 Å². The Balaban J connectivity index is 2.18. The van der Waals surface area contributed by atoms with Crippen LogP contribution in [0.2, 0.25) is 0 Å². The molecule has 4 amide bonds. The fourth-order valence-corrected chi connectivity index (χ4v) is 4.60. The predicted octanol–water partition coefficient (Wildman–Crippen LogP) is 3.54. The lowest BCUT2D eigenvalue weighted by atomic mass is 9.98. The zero-order valence-electron chi connectivity index (χ0n) is 22.2. The van der Waals surface area contributed by atoms with Crippen molar-refractivity contribution in [3.63, 3.8) is 0 Å². The second-order valence-electron chi connectivity index (χ2n) is 9.21. The molecule has 0 saturated carbocycles. The van der Waals surface area contributed by atoms with Crippen molar-refractivity contribution in [3.8, 4) is 0 Å². The smallest absolute Gasteiger partial charge is 0.349 e. The van der Waals surface area contributed by atoms with E-state index in [1.807, 2.05) is 44.2 Å². The Kier molecular flexibility index (Phi) is 12.7. The average Bonchev–Trinajstić information content (AvgIpc) is 2.93. The third kappa shape index (κ3) is 9.79. The van der Waals surface area contributed by atoms with Crippen LogP contribution in [0.1, 0.15) is 32.3 Å². The first-order chi connectivity index (χ1) is 18.1. The first-order valence-electron chi connectivity index (χ1n) is 12.3. The largest absolute Gasteiger partial charge is 0.468 e. The van der Waals surface area contributed by atoms with E-state index in [0.717, 1.165) is 5.56 Å². The summed E-state index contributed by atoms with van der Waals surface area (Å²) in [6.45, 7) is 4.01. The highest BCUT2D eigenvalue weighted by molar-refractivity contribution is 7.99. The number of ether oxygens (including phenoxy) is 1. The minimum atomic E-state index is -1.10. The van der Waals surface area contributed by atoms with Crippen LogP contribution in [0.5, 0.6) is 0 Å². The Hall–Kier alpha value is -3.44. The van der Waals surface area contributed by atoms with Crippen LogP contribution in [0.15, 0.2) is 54.9 Å². The number of thioether (sulfide) groups is 1. The van der Waals surface area contributed by atoms with Gasteiger partial charge in [0, 0.05) is 31.3 Å². The summed E-state index contributed by atoms with van der Waals surface area (Å²) in [6, 6.07) is 10.3. The van der Waals surface area contributed by atoms with Crippen LogP contribution in [0.3, 0.4) is 0 Å². The molecule has 0 aliphatic carbocycles. The molecule has 0 saturated heterocycles. The summed E-state index contributed by atoms with van der Waals surface area (Å²) in [5, 5.41) is 13.1. The molecule has 38 heavy (non-hydrogen) atoms. The number of urea groups is 1. The number of pyridine rings is 1. The van der Waals surface area contributed by atoms with Gasteiger partial charge < -0.3 is 15.0 Å². The number of esters is 1. The number of likely N-dealkylation sites (N-methyl/N-ethyl adjacent to an activating group) is 1. The molecule has 0 spiro atoms. The number of nitrogens with zero attached hydrogens (tertiary/aromatic N) is 3. The highest BCUT2D eigenvalue weighted by Gasteiger charge is 2.32. The fraction of sp³-hybridized carbons (Fsp3) is 0.444. The molecule has 0 aliphatic heterocycles. The van der Waals surface area contributed by atoms with E-state index in [9.17, 15) is 24.4 Å². The number of carbonyl (C=O) groups excluding carboxylic acids is 4. The number of amides is 4. The molecule has 0 aliphatic rings. The number of rotatable bonds is 13. The van der Waals surface area contributed by atoms with Crippen LogP contribution in [0.4, 0.5) is 10.5 Å². The Morgan fingerprint density at radius 1 is 1.05 bits per heavy atom. The van der Waals surface area contributed by atoms with E-state index >= 15 is 0 Å². The van der Waals surface area contributed by atoms with Crippen molar-refractivity contribution in [3.05, 3.63) is 60.4 Å². The first-order valence-corrected chi connectivity index (χ1v) is 13.5. The van der Waals surface area contributed by atoms with Gasteiger partial charge in [0.05, 0.1) is 24.7 Å². The molecule has 0 unspecified atom stereocenters. The lowest BCUT2D eigenvalue weighted by molar-refractivity contribution is -0.157. The van der Waals surface area contributed by atoms with Gasteiger partial charge in [-0.3, -0.25) is 24.6 Å². The van der Waals surface area contributed by atoms with Crippen molar-refractivity contribution >= 4 is 41.3 Å². The van der Waals surface area contributed by atoms with E-state index in [0.29, 0.717) is 24.4 Å². The van der Waals surface area contributed by atoms with Gasteiger partial charge in [0.15, 0.2) is 0 Å². The normalized spacial score (nSPS) is 12.4. The van der Waals surface area contributed by atoms with Gasteiger partial charge in [0.1, 0.15) is 6.04 Å². The third-order valence-corrected chi connectivity index (χ3v) is 6.93. The summed E-state index contributed by atoms with van der Waals surface area (Å²) in [5.41, 5.74) is 1.31. The molecule has 2 N–H and O–H groups in total. The highest BCUT2D eigenvalue weighted by Crippen LogP contribution is 2.20. The molecule has 1 aromatic carbocycles. The maximum Gasteiger partial charge on any atom is 0.349 e. The number of anilines is 1. The summed E-state index contributed by atoms with van der Waals surface area (Å²) < 4.78 is 4.63. The van der Waals surface area contributed by atoms with E-state index in [-0.39, 0.29) is 23.0 Å². The van der Waals surface area contributed by atoms with Crippen molar-refractivity contribution in [1.82, 2.24) is 15.4 Å². The molecule has 1 heterocycles. The van der Waals surface area contributed by atoms with Crippen LogP contribution in [0.25, 0.3) is 0 Å². The monoisotopic (exact) mass is 544 g/mol. The molecule has 0 radical (unpaired) electrons. The van der Waals surface area contributed by atoms with Gasteiger partial charge in [-0.25, -0.2) is 4.79 Å². The number of hydroxylamine groups is 2. The fourth-order valence-electron chi connectivity index (χ4n) is 3.60. The van der Waals surface area contributed by atoms with Crippen LogP contribution in [-0.2, 0) is 25.5 Å². The van der Waals surface area contributed by atoms with Gasteiger partial charge in [-0.15, -0.1) is 16.8 Å². The molecule has 1 aromatic heterocycles. The predicted molar refractivity (Wildman–Crippen MR) is 146 cm³/mol. The number of benzene rings is 1. The summed E-state index contributed by atoms with van der Waals surface area (Å²) in [6.07, 6.45) is 4.36. The van der Waals surface area contributed by atoms with Crippen molar-refractivity contribution in [2.24, 2.45) is 11.8 Å². The summed E-state index contributed by atoms with van der Waals surface area (Å²) in [7, 11) is 2.84. The molecule has 2 atom stereocenters. The minimum absolute atomic E-state index is 0.0407. The van der Waals surface area contributed by atoms with Gasteiger partial charge >= 0.3 is 12.0 Å². The Morgan fingerprint density at radius 3 is 2.37 bits per heavy atom. The minimum Gasteiger partial charge on any atom is -0.468 e. The van der Waals surface area contributed by atoms with Gasteiger partial charge in [0.2, 0.25) is 5.91 Å². The Morgan fingerprint density at radius 2 is 1.76 bits per heavy atom.